The molecule has 3 aromatic heterocycles. The largest absolute Gasteiger partial charge is 0.443 e. The molecule has 0 radical (unpaired) electrons. The van der Waals surface area contributed by atoms with Gasteiger partial charge in [-0.1, -0.05) is 6.07 Å². The average Bonchev–Trinajstić information content (AvgIpc) is 3.14. The lowest BCUT2D eigenvalue weighted by Crippen LogP contribution is -2.46. The Labute approximate surface area is 202 Å². The van der Waals surface area contributed by atoms with E-state index in [2.05, 4.69) is 15.0 Å². The van der Waals surface area contributed by atoms with Crippen LogP contribution in [0.4, 0.5) is 10.5 Å². The number of hydrogen-bond donors (Lipinski definition) is 0. The number of rotatable bonds is 4. The summed E-state index contributed by atoms with van der Waals surface area (Å²) in [7, 11) is 0. The van der Waals surface area contributed by atoms with Gasteiger partial charge < -0.3 is 4.74 Å². The predicted octanol–water partition coefficient (Wildman–Crippen LogP) is 5.82. The molecule has 5 rings (SSSR count). The number of carbonyl (C=O) groups is 1. The number of hydrogen-bond acceptors (Lipinski definition) is 6. The van der Waals surface area contributed by atoms with Crippen molar-refractivity contribution in [3.8, 4) is 17.2 Å². The van der Waals surface area contributed by atoms with Crippen LogP contribution in [0.2, 0.25) is 5.28 Å². The van der Waals surface area contributed by atoms with Gasteiger partial charge in [0.05, 0.1) is 6.20 Å². The summed E-state index contributed by atoms with van der Waals surface area (Å²) in [4.78, 5) is 32.4. The van der Waals surface area contributed by atoms with E-state index in [9.17, 15) is 4.79 Å². The number of fused-ring (bicyclic) bond motifs is 1. The van der Waals surface area contributed by atoms with Crippen molar-refractivity contribution < 1.29 is 9.53 Å². The van der Waals surface area contributed by atoms with Crippen LogP contribution in [0, 0.1) is 0 Å². The Morgan fingerprint density at radius 3 is 2.47 bits per heavy atom. The molecule has 8 nitrogen and oxygen atoms in total. The topological polar surface area (TPSA) is 86.0 Å². The third kappa shape index (κ3) is 4.33. The number of nitrogens with zero attached hydrogens (tertiary/aromatic N) is 6. The van der Waals surface area contributed by atoms with Crippen molar-refractivity contribution in [2.24, 2.45) is 0 Å². The third-order valence-corrected chi connectivity index (χ3v) is 5.86. The highest BCUT2D eigenvalue weighted by molar-refractivity contribution is 6.28. The monoisotopic (exact) mass is 476 g/mol. The van der Waals surface area contributed by atoms with Gasteiger partial charge in [-0.3, -0.25) is 14.5 Å². The molecular weight excluding hydrogens is 452 g/mol. The van der Waals surface area contributed by atoms with Crippen LogP contribution in [0.25, 0.3) is 28.4 Å². The molecular formula is C25H25ClN6O2. The second-order valence-corrected chi connectivity index (χ2v) is 9.62. The minimum absolute atomic E-state index is 0.138. The van der Waals surface area contributed by atoms with Crippen molar-refractivity contribution in [3.63, 3.8) is 0 Å². The highest BCUT2D eigenvalue weighted by Gasteiger charge is 2.33. The van der Waals surface area contributed by atoms with Gasteiger partial charge in [-0.05, 0) is 88.0 Å². The molecule has 1 aromatic carbocycles. The normalized spacial score (nSPS) is 14.1. The molecule has 1 aliphatic carbocycles. The number of amides is 1. The van der Waals surface area contributed by atoms with E-state index in [4.69, 9.17) is 21.3 Å². The number of halogens is 1. The summed E-state index contributed by atoms with van der Waals surface area (Å²) < 4.78 is 7.59. The number of pyridine rings is 1. The summed E-state index contributed by atoms with van der Waals surface area (Å²) in [6, 6.07) is 13.5. The molecule has 1 amide bonds. The number of aromatic nitrogens is 5. The van der Waals surface area contributed by atoms with Crippen LogP contribution < -0.4 is 4.90 Å². The van der Waals surface area contributed by atoms with E-state index in [1.54, 1.807) is 17.3 Å². The van der Waals surface area contributed by atoms with Crippen LogP contribution in [-0.4, -0.2) is 42.2 Å². The predicted molar refractivity (Wildman–Crippen MR) is 131 cm³/mol. The molecule has 9 heteroatoms. The van der Waals surface area contributed by atoms with Crippen molar-refractivity contribution in [3.05, 3.63) is 60.1 Å². The van der Waals surface area contributed by atoms with Gasteiger partial charge in [-0.2, -0.15) is 4.98 Å². The first-order chi connectivity index (χ1) is 16.3. The molecule has 4 aromatic rings. The molecule has 174 valence electrons. The van der Waals surface area contributed by atoms with Crippen LogP contribution in [0.15, 0.2) is 54.9 Å². The van der Waals surface area contributed by atoms with Crippen molar-refractivity contribution in [2.75, 3.05) is 4.90 Å². The summed E-state index contributed by atoms with van der Waals surface area (Å²) in [5.74, 6) is 0.628. The zero-order chi connectivity index (χ0) is 23.9. The number of imidazole rings is 1. The molecule has 0 atom stereocenters. The Balaban J connectivity index is 1.57. The Morgan fingerprint density at radius 2 is 1.85 bits per heavy atom. The van der Waals surface area contributed by atoms with Gasteiger partial charge in [0.15, 0.2) is 11.5 Å². The lowest BCUT2D eigenvalue weighted by molar-refractivity contribution is 0.0549. The first-order valence-corrected chi connectivity index (χ1v) is 11.6. The van der Waals surface area contributed by atoms with Gasteiger partial charge in [0, 0.05) is 23.6 Å². The molecule has 0 N–H and O–H groups in total. The van der Waals surface area contributed by atoms with Crippen LogP contribution in [0.3, 0.4) is 0 Å². The maximum absolute atomic E-state index is 13.0. The second kappa shape index (κ2) is 8.68. The fourth-order valence-corrected chi connectivity index (χ4v) is 4.08. The highest BCUT2D eigenvalue weighted by atomic mass is 35.5. The number of anilines is 1. The smallest absolute Gasteiger partial charge is 0.415 e. The Morgan fingerprint density at radius 1 is 1.09 bits per heavy atom. The Bertz CT molecular complexity index is 1330. The Hall–Kier alpha value is -3.52. The maximum Gasteiger partial charge on any atom is 0.415 e. The van der Waals surface area contributed by atoms with E-state index in [1.807, 2.05) is 67.8 Å². The minimum Gasteiger partial charge on any atom is -0.443 e. The molecule has 0 bridgehead atoms. The van der Waals surface area contributed by atoms with E-state index in [-0.39, 0.29) is 17.4 Å². The molecule has 1 fully saturated rings. The third-order valence-electron chi connectivity index (χ3n) is 5.68. The average molecular weight is 477 g/mol. The summed E-state index contributed by atoms with van der Waals surface area (Å²) in [6.45, 7) is 5.63. The first-order valence-electron chi connectivity index (χ1n) is 11.3. The van der Waals surface area contributed by atoms with E-state index in [1.165, 1.54) is 0 Å². The SMILES string of the molecule is CC(C)(C)OC(=O)N(c1ccc(-n2c(-c3ccccn3)nc3cnc(Cl)nc32)cc1)C1CCC1. The first kappa shape index (κ1) is 22.3. The second-order valence-electron chi connectivity index (χ2n) is 9.29. The zero-order valence-electron chi connectivity index (χ0n) is 19.3. The van der Waals surface area contributed by atoms with Gasteiger partial charge in [-0.25, -0.2) is 14.8 Å². The summed E-state index contributed by atoms with van der Waals surface area (Å²) in [5, 5.41) is 0.138. The number of ether oxygens (including phenoxy) is 1. The van der Waals surface area contributed by atoms with Gasteiger partial charge in [0.2, 0.25) is 5.28 Å². The number of carbonyl (C=O) groups excluding carboxylic acids is 1. The molecule has 0 spiro atoms. The van der Waals surface area contributed by atoms with Crippen LogP contribution in [0.1, 0.15) is 40.0 Å². The summed E-state index contributed by atoms with van der Waals surface area (Å²) in [5.41, 5.74) is 2.94. The minimum atomic E-state index is -0.564. The molecule has 34 heavy (non-hydrogen) atoms. The molecule has 1 aliphatic rings. The Kier molecular flexibility index (Phi) is 5.69. The summed E-state index contributed by atoms with van der Waals surface area (Å²) >= 11 is 6.11. The quantitative estimate of drug-likeness (QED) is 0.345. The van der Waals surface area contributed by atoms with Gasteiger partial charge in [-0.15, -0.1) is 0 Å². The molecule has 0 aliphatic heterocycles. The molecule has 1 saturated carbocycles. The van der Waals surface area contributed by atoms with Crippen molar-refractivity contribution in [1.29, 1.82) is 0 Å². The highest BCUT2D eigenvalue weighted by Crippen LogP contribution is 2.33. The maximum atomic E-state index is 13.0. The fraction of sp³-hybridized carbons (Fsp3) is 0.320. The fourth-order valence-electron chi connectivity index (χ4n) is 3.95. The van der Waals surface area contributed by atoms with E-state index < -0.39 is 5.60 Å². The van der Waals surface area contributed by atoms with Crippen LogP contribution in [-0.2, 0) is 4.74 Å². The van der Waals surface area contributed by atoms with Crippen LogP contribution in [0.5, 0.6) is 0 Å². The van der Waals surface area contributed by atoms with Gasteiger partial charge >= 0.3 is 6.09 Å². The molecule has 0 unspecified atom stereocenters. The van der Waals surface area contributed by atoms with E-state index in [0.29, 0.717) is 22.7 Å². The van der Waals surface area contributed by atoms with Gasteiger partial charge in [0.25, 0.3) is 0 Å². The van der Waals surface area contributed by atoms with Gasteiger partial charge in [0.1, 0.15) is 16.8 Å². The summed E-state index contributed by atoms with van der Waals surface area (Å²) in [6.07, 6.45) is 6.03. The van der Waals surface area contributed by atoms with Crippen molar-refractivity contribution >= 4 is 34.5 Å². The molecule has 3 heterocycles. The number of benzene rings is 1. The lowest BCUT2D eigenvalue weighted by Gasteiger charge is -2.38. The standard InChI is InChI=1S/C25H25ClN6O2/c1-25(2,3)34-24(33)31(16-7-6-8-16)17-10-12-18(13-11-17)32-21(19-9-4-5-14-27-19)29-20-15-28-23(26)30-22(20)32/h4-5,9-16H,6-8H2,1-3H3. The van der Waals surface area contributed by atoms with E-state index in [0.717, 1.165) is 30.6 Å². The van der Waals surface area contributed by atoms with Crippen molar-refractivity contribution in [1.82, 2.24) is 24.5 Å². The van der Waals surface area contributed by atoms with Crippen molar-refractivity contribution in [2.45, 2.75) is 51.7 Å². The van der Waals surface area contributed by atoms with Crippen LogP contribution >= 0.6 is 11.6 Å². The van der Waals surface area contributed by atoms with E-state index >= 15 is 0 Å². The molecule has 0 saturated heterocycles. The lowest BCUT2D eigenvalue weighted by atomic mass is 9.91. The zero-order valence-corrected chi connectivity index (χ0v) is 20.0.